The molecule has 0 atom stereocenters. The van der Waals surface area contributed by atoms with Crippen LogP contribution in [0.25, 0.3) is 10.9 Å². The zero-order valence-corrected chi connectivity index (χ0v) is 8.76. The Morgan fingerprint density at radius 1 is 1.27 bits per heavy atom. The predicted molar refractivity (Wildman–Crippen MR) is 60.3 cm³/mol. The van der Waals surface area contributed by atoms with Gasteiger partial charge in [0, 0.05) is 17.3 Å². The highest BCUT2D eigenvalue weighted by molar-refractivity contribution is 6.03. The number of ketones is 1. The van der Waals surface area contributed by atoms with E-state index in [1.165, 1.54) is 16.5 Å². The van der Waals surface area contributed by atoms with Gasteiger partial charge in [0.1, 0.15) is 0 Å². The van der Waals surface area contributed by atoms with Crippen LogP contribution < -0.4 is 0 Å². The lowest BCUT2D eigenvalue weighted by Crippen LogP contribution is -2.09. The average molecular weight is 199 g/mol. The van der Waals surface area contributed by atoms with Crippen molar-refractivity contribution < 1.29 is 4.79 Å². The molecule has 0 fully saturated rings. The molecule has 2 heteroatoms. The smallest absolute Gasteiger partial charge is 0.179 e. The Kier molecular flexibility index (Phi) is 1.72. The number of aryl methyl sites for hydroxylation is 2. The molecule has 3 rings (SSSR count). The summed E-state index contributed by atoms with van der Waals surface area (Å²) in [7, 11) is 0. The van der Waals surface area contributed by atoms with Gasteiger partial charge in [0.2, 0.25) is 0 Å². The second-order valence-electron chi connectivity index (χ2n) is 4.25. The van der Waals surface area contributed by atoms with Crippen LogP contribution in [0, 0.1) is 6.92 Å². The molecule has 0 spiro atoms. The van der Waals surface area contributed by atoms with Gasteiger partial charge in [-0.25, -0.2) is 0 Å². The second kappa shape index (κ2) is 2.96. The highest BCUT2D eigenvalue weighted by atomic mass is 16.1. The lowest BCUT2D eigenvalue weighted by molar-refractivity contribution is 0.0968. The summed E-state index contributed by atoms with van der Waals surface area (Å²) in [6, 6.07) is 6.25. The Bertz CT molecular complexity index is 551. The van der Waals surface area contributed by atoms with Crippen molar-refractivity contribution in [1.29, 1.82) is 0 Å². The molecule has 0 amide bonds. The van der Waals surface area contributed by atoms with Gasteiger partial charge in [-0.1, -0.05) is 18.2 Å². The standard InChI is InChI=1S/C13H13NO/c1-8-4-2-5-9-10-6-3-7-11(15)13(10)14-12(8)9/h2,4-5,14H,3,6-7H2,1H3. The molecule has 1 aliphatic rings. The number of aromatic nitrogens is 1. The number of fused-ring (bicyclic) bond motifs is 3. The summed E-state index contributed by atoms with van der Waals surface area (Å²) in [4.78, 5) is 15.0. The van der Waals surface area contributed by atoms with Crippen molar-refractivity contribution in [3.63, 3.8) is 0 Å². The molecule has 1 aromatic carbocycles. The van der Waals surface area contributed by atoms with Crippen molar-refractivity contribution in [2.75, 3.05) is 0 Å². The Morgan fingerprint density at radius 2 is 2.13 bits per heavy atom. The molecule has 15 heavy (non-hydrogen) atoms. The zero-order chi connectivity index (χ0) is 10.4. The van der Waals surface area contributed by atoms with Crippen LogP contribution in [-0.4, -0.2) is 10.8 Å². The van der Waals surface area contributed by atoms with Gasteiger partial charge < -0.3 is 4.98 Å². The van der Waals surface area contributed by atoms with E-state index in [0.29, 0.717) is 6.42 Å². The first-order valence-electron chi connectivity index (χ1n) is 5.41. The fourth-order valence-electron chi connectivity index (χ4n) is 2.47. The maximum atomic E-state index is 11.7. The molecule has 1 N–H and O–H groups in total. The van der Waals surface area contributed by atoms with Crippen molar-refractivity contribution in [2.24, 2.45) is 0 Å². The molecule has 0 saturated heterocycles. The number of benzene rings is 1. The van der Waals surface area contributed by atoms with E-state index in [0.717, 1.165) is 24.1 Å². The predicted octanol–water partition coefficient (Wildman–Crippen LogP) is 3.00. The normalized spacial score (nSPS) is 15.7. The number of hydrogen-bond acceptors (Lipinski definition) is 1. The third-order valence-corrected chi connectivity index (χ3v) is 3.26. The molecule has 0 aliphatic heterocycles. The van der Waals surface area contributed by atoms with E-state index in [-0.39, 0.29) is 5.78 Å². The first kappa shape index (κ1) is 8.72. The minimum absolute atomic E-state index is 0.270. The maximum absolute atomic E-state index is 11.7. The summed E-state index contributed by atoms with van der Waals surface area (Å²) in [5, 5.41) is 1.23. The number of nitrogens with one attached hydrogen (secondary N) is 1. The largest absolute Gasteiger partial charge is 0.352 e. The first-order chi connectivity index (χ1) is 7.27. The second-order valence-corrected chi connectivity index (χ2v) is 4.25. The molecule has 1 aromatic heterocycles. The van der Waals surface area contributed by atoms with Gasteiger partial charge in [-0.2, -0.15) is 0 Å². The van der Waals surface area contributed by atoms with Gasteiger partial charge in [-0.15, -0.1) is 0 Å². The molecule has 1 heterocycles. The number of carbonyl (C=O) groups is 1. The van der Waals surface area contributed by atoms with E-state index >= 15 is 0 Å². The van der Waals surface area contributed by atoms with Crippen LogP contribution in [-0.2, 0) is 6.42 Å². The zero-order valence-electron chi connectivity index (χ0n) is 8.76. The fourth-order valence-corrected chi connectivity index (χ4v) is 2.47. The van der Waals surface area contributed by atoms with Crippen LogP contribution in [0.4, 0.5) is 0 Å². The summed E-state index contributed by atoms with van der Waals surface area (Å²) >= 11 is 0. The lowest BCUT2D eigenvalue weighted by Gasteiger charge is -2.09. The average Bonchev–Trinajstić information content (AvgIpc) is 2.60. The lowest BCUT2D eigenvalue weighted by atomic mass is 9.94. The number of H-pyrrole nitrogens is 1. The van der Waals surface area contributed by atoms with Crippen LogP contribution in [0.3, 0.4) is 0 Å². The van der Waals surface area contributed by atoms with Gasteiger partial charge in [0.15, 0.2) is 5.78 Å². The molecule has 2 aromatic rings. The molecule has 0 radical (unpaired) electrons. The maximum Gasteiger partial charge on any atom is 0.179 e. The first-order valence-corrected chi connectivity index (χ1v) is 5.41. The number of carbonyl (C=O) groups excluding carboxylic acids is 1. The van der Waals surface area contributed by atoms with E-state index in [1.54, 1.807) is 0 Å². The van der Waals surface area contributed by atoms with Crippen molar-refractivity contribution in [3.05, 3.63) is 35.0 Å². The van der Waals surface area contributed by atoms with Crippen LogP contribution in [0.5, 0.6) is 0 Å². The molecule has 0 saturated carbocycles. The quantitative estimate of drug-likeness (QED) is 0.695. The highest BCUT2D eigenvalue weighted by Gasteiger charge is 2.21. The van der Waals surface area contributed by atoms with E-state index < -0.39 is 0 Å². The number of hydrogen-bond donors (Lipinski definition) is 1. The molecule has 0 bridgehead atoms. The van der Waals surface area contributed by atoms with Crippen LogP contribution >= 0.6 is 0 Å². The number of rotatable bonds is 0. The number of Topliss-reactive ketones (excluding diaryl/α,β-unsaturated/α-hetero) is 1. The summed E-state index contributed by atoms with van der Waals surface area (Å²) in [5.41, 5.74) is 4.43. The Morgan fingerprint density at radius 3 is 3.00 bits per heavy atom. The molecule has 2 nitrogen and oxygen atoms in total. The van der Waals surface area contributed by atoms with Crippen LogP contribution in [0.1, 0.15) is 34.5 Å². The van der Waals surface area contributed by atoms with E-state index in [2.05, 4.69) is 30.1 Å². The van der Waals surface area contributed by atoms with Gasteiger partial charge in [-0.3, -0.25) is 4.79 Å². The van der Waals surface area contributed by atoms with Gasteiger partial charge in [0.25, 0.3) is 0 Å². The third kappa shape index (κ3) is 1.14. The third-order valence-electron chi connectivity index (χ3n) is 3.26. The Hall–Kier alpha value is -1.57. The number of aromatic amines is 1. The monoisotopic (exact) mass is 199 g/mol. The molecule has 76 valence electrons. The summed E-state index contributed by atoms with van der Waals surface area (Å²) in [6.07, 6.45) is 2.72. The SMILES string of the molecule is Cc1cccc2c3c([nH]c12)C(=O)CCC3. The summed E-state index contributed by atoms with van der Waals surface area (Å²) in [5.74, 6) is 0.270. The number of para-hydroxylation sites is 1. The Labute approximate surface area is 88.3 Å². The van der Waals surface area contributed by atoms with Crippen LogP contribution in [0.2, 0.25) is 0 Å². The molecular weight excluding hydrogens is 186 g/mol. The topological polar surface area (TPSA) is 32.9 Å². The minimum Gasteiger partial charge on any atom is -0.352 e. The van der Waals surface area contributed by atoms with Crippen LogP contribution in [0.15, 0.2) is 18.2 Å². The van der Waals surface area contributed by atoms with Gasteiger partial charge >= 0.3 is 0 Å². The minimum atomic E-state index is 0.270. The fraction of sp³-hybridized carbons (Fsp3) is 0.308. The van der Waals surface area contributed by atoms with Crippen molar-refractivity contribution >= 4 is 16.7 Å². The van der Waals surface area contributed by atoms with E-state index in [4.69, 9.17) is 0 Å². The van der Waals surface area contributed by atoms with E-state index in [9.17, 15) is 4.79 Å². The van der Waals surface area contributed by atoms with Gasteiger partial charge in [-0.05, 0) is 30.9 Å². The molecular formula is C13H13NO. The van der Waals surface area contributed by atoms with Crippen molar-refractivity contribution in [3.8, 4) is 0 Å². The summed E-state index contributed by atoms with van der Waals surface area (Å²) < 4.78 is 0. The van der Waals surface area contributed by atoms with Gasteiger partial charge in [0.05, 0.1) is 5.69 Å². The van der Waals surface area contributed by atoms with Crippen molar-refractivity contribution in [2.45, 2.75) is 26.2 Å². The molecule has 0 unspecified atom stereocenters. The van der Waals surface area contributed by atoms with E-state index in [1.807, 2.05) is 0 Å². The molecule has 1 aliphatic carbocycles. The highest BCUT2D eigenvalue weighted by Crippen LogP contribution is 2.30. The summed E-state index contributed by atoms with van der Waals surface area (Å²) in [6.45, 7) is 2.08. The Balaban J connectivity index is 2.40. The van der Waals surface area contributed by atoms with Crippen molar-refractivity contribution in [1.82, 2.24) is 4.98 Å².